The van der Waals surface area contributed by atoms with E-state index in [2.05, 4.69) is 0 Å². The van der Waals surface area contributed by atoms with E-state index in [0.717, 1.165) is 11.5 Å². The molecule has 2 rings (SSSR count). The molecule has 1 N–H and O–H groups in total. The quantitative estimate of drug-likeness (QED) is 0.889. The molecule has 94 valence electrons. The number of sulfonamides is 1. The first-order valence-electron chi connectivity index (χ1n) is 5.42. The maximum atomic E-state index is 12.3. The first kappa shape index (κ1) is 12.9. The maximum absolute atomic E-state index is 12.3. The van der Waals surface area contributed by atoms with E-state index in [0.29, 0.717) is 18.7 Å². The Bertz CT molecular complexity index is 481. The minimum Gasteiger partial charge on any atom is -0.392 e. The van der Waals surface area contributed by atoms with Gasteiger partial charge in [-0.15, -0.1) is 0 Å². The molecule has 0 amide bonds. The first-order valence-corrected chi connectivity index (χ1v) is 8.02. The number of thioether (sulfide) groups is 1. The predicted octanol–water partition coefficient (Wildman–Crippen LogP) is 0.916. The lowest BCUT2D eigenvalue weighted by Crippen LogP contribution is -2.37. The third-order valence-corrected chi connectivity index (χ3v) is 5.53. The Kier molecular flexibility index (Phi) is 4.09. The molecule has 1 fully saturated rings. The average molecular weight is 273 g/mol. The summed E-state index contributed by atoms with van der Waals surface area (Å²) in [6.45, 7) is 0.992. The van der Waals surface area contributed by atoms with Gasteiger partial charge in [-0.1, -0.05) is 12.1 Å². The summed E-state index contributed by atoms with van der Waals surface area (Å²) >= 11 is 1.77. The van der Waals surface area contributed by atoms with Gasteiger partial charge in [0, 0.05) is 24.6 Å². The molecule has 1 aromatic carbocycles. The Morgan fingerprint density at radius 1 is 1.29 bits per heavy atom. The summed E-state index contributed by atoms with van der Waals surface area (Å²) in [6.07, 6.45) is 0. The van der Waals surface area contributed by atoms with Gasteiger partial charge in [0.05, 0.1) is 11.5 Å². The normalized spacial score (nSPS) is 18.2. The van der Waals surface area contributed by atoms with Crippen LogP contribution in [0.3, 0.4) is 0 Å². The highest BCUT2D eigenvalue weighted by Crippen LogP contribution is 2.20. The van der Waals surface area contributed by atoms with Crippen LogP contribution in [0.25, 0.3) is 0 Å². The zero-order valence-electron chi connectivity index (χ0n) is 9.37. The van der Waals surface area contributed by atoms with Crippen molar-refractivity contribution in [2.75, 3.05) is 24.6 Å². The van der Waals surface area contributed by atoms with Crippen LogP contribution in [0.15, 0.2) is 29.2 Å². The van der Waals surface area contributed by atoms with Gasteiger partial charge in [0.25, 0.3) is 0 Å². The van der Waals surface area contributed by atoms with Gasteiger partial charge in [-0.25, -0.2) is 8.42 Å². The molecule has 0 radical (unpaired) electrons. The maximum Gasteiger partial charge on any atom is 0.243 e. The highest BCUT2D eigenvalue weighted by Gasteiger charge is 2.25. The van der Waals surface area contributed by atoms with Crippen LogP contribution in [0.4, 0.5) is 0 Å². The van der Waals surface area contributed by atoms with Crippen LogP contribution in [0.2, 0.25) is 0 Å². The Labute approximate surface area is 106 Å². The molecule has 1 heterocycles. The predicted molar refractivity (Wildman–Crippen MR) is 68.4 cm³/mol. The molecule has 0 aliphatic carbocycles. The molecule has 0 spiro atoms. The molecule has 0 saturated carbocycles. The summed E-state index contributed by atoms with van der Waals surface area (Å²) in [7, 11) is -3.39. The molecule has 1 saturated heterocycles. The number of benzene rings is 1. The fraction of sp³-hybridized carbons (Fsp3) is 0.455. The summed E-state index contributed by atoms with van der Waals surface area (Å²) in [5, 5.41) is 9.03. The number of nitrogens with zero attached hydrogens (tertiary/aromatic N) is 1. The van der Waals surface area contributed by atoms with Crippen molar-refractivity contribution < 1.29 is 13.5 Å². The Balaban J connectivity index is 2.29. The number of aliphatic hydroxyl groups is 1. The summed E-state index contributed by atoms with van der Waals surface area (Å²) in [6, 6.07) is 6.50. The molecule has 0 aromatic heterocycles. The van der Waals surface area contributed by atoms with Crippen LogP contribution >= 0.6 is 11.8 Å². The average Bonchev–Trinajstić information content (AvgIpc) is 2.40. The Morgan fingerprint density at radius 2 is 2.00 bits per heavy atom. The SMILES string of the molecule is O=S(=O)(c1cccc(CO)c1)N1CCSCC1. The zero-order chi connectivity index (χ0) is 12.3. The van der Waals surface area contributed by atoms with Crippen LogP contribution in [0.5, 0.6) is 0 Å². The minimum absolute atomic E-state index is 0.140. The largest absolute Gasteiger partial charge is 0.392 e. The van der Waals surface area contributed by atoms with E-state index in [9.17, 15) is 8.42 Å². The second kappa shape index (κ2) is 5.39. The van der Waals surface area contributed by atoms with Crippen molar-refractivity contribution in [1.82, 2.24) is 4.31 Å². The molecule has 1 aliphatic rings. The van der Waals surface area contributed by atoms with Crippen LogP contribution in [-0.2, 0) is 16.6 Å². The molecular formula is C11H15NO3S2. The van der Waals surface area contributed by atoms with E-state index in [4.69, 9.17) is 5.11 Å². The van der Waals surface area contributed by atoms with E-state index in [1.54, 1.807) is 30.0 Å². The van der Waals surface area contributed by atoms with Crippen LogP contribution in [0, 0.1) is 0 Å². The molecule has 0 atom stereocenters. The van der Waals surface area contributed by atoms with Gasteiger partial charge in [0.2, 0.25) is 10.0 Å². The van der Waals surface area contributed by atoms with Crippen LogP contribution in [0.1, 0.15) is 5.56 Å². The second-order valence-corrected chi connectivity index (χ2v) is 6.98. The summed E-state index contributed by atoms with van der Waals surface area (Å²) in [5.41, 5.74) is 0.623. The van der Waals surface area contributed by atoms with Crippen molar-refractivity contribution in [3.05, 3.63) is 29.8 Å². The van der Waals surface area contributed by atoms with Crippen LogP contribution in [-0.4, -0.2) is 42.4 Å². The summed E-state index contributed by atoms with van der Waals surface area (Å²) in [4.78, 5) is 0.274. The number of hydrogen-bond acceptors (Lipinski definition) is 4. The number of hydrogen-bond donors (Lipinski definition) is 1. The molecule has 1 aliphatic heterocycles. The monoisotopic (exact) mass is 273 g/mol. The molecule has 4 nitrogen and oxygen atoms in total. The van der Waals surface area contributed by atoms with Crippen molar-refractivity contribution in [3.63, 3.8) is 0 Å². The van der Waals surface area contributed by atoms with E-state index < -0.39 is 10.0 Å². The molecule has 0 bridgehead atoms. The van der Waals surface area contributed by atoms with Gasteiger partial charge in [0.15, 0.2) is 0 Å². The highest BCUT2D eigenvalue weighted by molar-refractivity contribution is 7.99. The van der Waals surface area contributed by atoms with Gasteiger partial charge in [-0.2, -0.15) is 16.1 Å². The minimum atomic E-state index is -3.39. The van der Waals surface area contributed by atoms with E-state index in [1.165, 1.54) is 10.4 Å². The van der Waals surface area contributed by atoms with Crippen molar-refractivity contribution in [2.24, 2.45) is 0 Å². The molecule has 0 unspecified atom stereocenters. The van der Waals surface area contributed by atoms with Gasteiger partial charge in [0.1, 0.15) is 0 Å². The molecular weight excluding hydrogens is 258 g/mol. The standard InChI is InChI=1S/C11H15NO3S2/c13-9-10-2-1-3-11(8-10)17(14,15)12-4-6-16-7-5-12/h1-3,8,13H,4-7,9H2. The van der Waals surface area contributed by atoms with Gasteiger partial charge >= 0.3 is 0 Å². The number of aliphatic hydroxyl groups excluding tert-OH is 1. The fourth-order valence-electron chi connectivity index (χ4n) is 1.74. The lowest BCUT2D eigenvalue weighted by molar-refractivity contribution is 0.281. The highest BCUT2D eigenvalue weighted by atomic mass is 32.2. The third kappa shape index (κ3) is 2.82. The summed E-state index contributed by atoms with van der Waals surface area (Å²) in [5.74, 6) is 1.69. The molecule has 6 heteroatoms. The topological polar surface area (TPSA) is 57.6 Å². The van der Waals surface area contributed by atoms with E-state index >= 15 is 0 Å². The second-order valence-electron chi connectivity index (χ2n) is 3.82. The van der Waals surface area contributed by atoms with E-state index in [1.807, 2.05) is 0 Å². The van der Waals surface area contributed by atoms with Crippen molar-refractivity contribution in [2.45, 2.75) is 11.5 Å². The van der Waals surface area contributed by atoms with Crippen molar-refractivity contribution in [1.29, 1.82) is 0 Å². The first-order chi connectivity index (χ1) is 8.14. The van der Waals surface area contributed by atoms with Crippen molar-refractivity contribution in [3.8, 4) is 0 Å². The van der Waals surface area contributed by atoms with Gasteiger partial charge in [-0.05, 0) is 17.7 Å². The lowest BCUT2D eigenvalue weighted by atomic mass is 10.2. The smallest absolute Gasteiger partial charge is 0.243 e. The van der Waals surface area contributed by atoms with Crippen LogP contribution < -0.4 is 0 Å². The molecule has 17 heavy (non-hydrogen) atoms. The number of rotatable bonds is 3. The van der Waals surface area contributed by atoms with Crippen molar-refractivity contribution >= 4 is 21.8 Å². The third-order valence-electron chi connectivity index (χ3n) is 2.69. The molecule has 1 aromatic rings. The van der Waals surface area contributed by atoms with Gasteiger partial charge < -0.3 is 5.11 Å². The van der Waals surface area contributed by atoms with Gasteiger partial charge in [-0.3, -0.25) is 0 Å². The van der Waals surface area contributed by atoms with E-state index in [-0.39, 0.29) is 11.5 Å². The summed E-state index contributed by atoms with van der Waals surface area (Å²) < 4.78 is 26.1. The Hall–Kier alpha value is -0.560. The lowest BCUT2D eigenvalue weighted by Gasteiger charge is -2.25. The Morgan fingerprint density at radius 3 is 2.65 bits per heavy atom. The fourth-order valence-corrected chi connectivity index (χ4v) is 4.39. The zero-order valence-corrected chi connectivity index (χ0v) is 11.0.